The molecule has 5 aromatic carbocycles. The third-order valence-electron chi connectivity index (χ3n) is 6.41. The SMILES string of the molecule is CC(C)(C)OC(=O)Nc1ccc(Oc2c3ccccc3c(-c3ccc(C(=O)OC(C)(C)C)cc3)c3ccccc23)cc1. The first-order chi connectivity index (χ1) is 19.9. The van der Waals surface area contributed by atoms with Gasteiger partial charge >= 0.3 is 12.1 Å². The lowest BCUT2D eigenvalue weighted by Gasteiger charge is -2.20. The zero-order valence-corrected chi connectivity index (χ0v) is 24.8. The van der Waals surface area contributed by atoms with Crippen LogP contribution in [0.2, 0.25) is 0 Å². The summed E-state index contributed by atoms with van der Waals surface area (Å²) in [5.74, 6) is 1.03. The largest absolute Gasteiger partial charge is 0.456 e. The number of hydrogen-bond acceptors (Lipinski definition) is 5. The molecule has 0 aliphatic carbocycles. The van der Waals surface area contributed by atoms with E-state index in [9.17, 15) is 9.59 Å². The highest BCUT2D eigenvalue weighted by atomic mass is 16.6. The van der Waals surface area contributed by atoms with E-state index in [4.69, 9.17) is 14.2 Å². The van der Waals surface area contributed by atoms with Gasteiger partial charge in [0.25, 0.3) is 0 Å². The second-order valence-electron chi connectivity index (χ2n) is 12.1. The third kappa shape index (κ3) is 6.55. The molecule has 0 aromatic heterocycles. The molecule has 5 aromatic rings. The van der Waals surface area contributed by atoms with Gasteiger partial charge in [-0.3, -0.25) is 5.32 Å². The number of benzene rings is 5. The molecule has 0 aliphatic heterocycles. The molecule has 0 aliphatic rings. The van der Waals surface area contributed by atoms with Crippen LogP contribution < -0.4 is 10.1 Å². The first kappa shape index (κ1) is 28.7. The molecule has 0 saturated carbocycles. The van der Waals surface area contributed by atoms with E-state index in [0.29, 0.717) is 17.0 Å². The number of esters is 1. The van der Waals surface area contributed by atoms with Crippen molar-refractivity contribution >= 4 is 39.3 Å². The number of fused-ring (bicyclic) bond motifs is 2. The van der Waals surface area contributed by atoms with Crippen LogP contribution in [-0.4, -0.2) is 23.3 Å². The van der Waals surface area contributed by atoms with E-state index in [2.05, 4.69) is 17.4 Å². The molecule has 0 fully saturated rings. The number of anilines is 1. The monoisotopic (exact) mass is 561 g/mol. The van der Waals surface area contributed by atoms with Crippen LogP contribution in [0.3, 0.4) is 0 Å². The Morgan fingerprint density at radius 1 is 0.595 bits per heavy atom. The molecule has 0 spiro atoms. The fraction of sp³-hybridized carbons (Fsp3) is 0.222. The van der Waals surface area contributed by atoms with Gasteiger partial charge in [0, 0.05) is 16.5 Å². The number of hydrogen-bond donors (Lipinski definition) is 1. The highest BCUT2D eigenvalue weighted by Gasteiger charge is 2.20. The van der Waals surface area contributed by atoms with Crippen LogP contribution in [0.1, 0.15) is 51.9 Å². The van der Waals surface area contributed by atoms with Crippen molar-refractivity contribution in [2.24, 2.45) is 0 Å². The van der Waals surface area contributed by atoms with Crippen LogP contribution in [-0.2, 0) is 9.47 Å². The molecule has 1 N–H and O–H groups in total. The first-order valence-corrected chi connectivity index (χ1v) is 13.9. The summed E-state index contributed by atoms with van der Waals surface area (Å²) in [6.45, 7) is 11.0. The van der Waals surface area contributed by atoms with Crippen LogP contribution in [0, 0.1) is 0 Å². The summed E-state index contributed by atoms with van der Waals surface area (Å²) in [6, 6.07) is 31.0. The van der Waals surface area contributed by atoms with Gasteiger partial charge in [-0.2, -0.15) is 0 Å². The molecule has 0 unspecified atom stereocenters. The number of ether oxygens (including phenoxy) is 3. The summed E-state index contributed by atoms with van der Waals surface area (Å²) in [4.78, 5) is 24.8. The Bertz CT molecular complexity index is 1700. The molecular weight excluding hydrogens is 526 g/mol. The average Bonchev–Trinajstić information content (AvgIpc) is 2.92. The molecule has 0 atom stereocenters. The molecular formula is C36H35NO5. The van der Waals surface area contributed by atoms with E-state index in [1.54, 1.807) is 12.1 Å². The Labute approximate surface area is 246 Å². The van der Waals surface area contributed by atoms with Gasteiger partial charge in [-0.25, -0.2) is 9.59 Å². The molecule has 0 radical (unpaired) electrons. The normalized spacial score (nSPS) is 11.8. The van der Waals surface area contributed by atoms with E-state index in [1.165, 1.54) is 0 Å². The highest BCUT2D eigenvalue weighted by Crippen LogP contribution is 2.44. The van der Waals surface area contributed by atoms with E-state index in [0.717, 1.165) is 38.4 Å². The van der Waals surface area contributed by atoms with Gasteiger partial charge in [0.1, 0.15) is 22.7 Å². The minimum Gasteiger partial charge on any atom is -0.456 e. The first-order valence-electron chi connectivity index (χ1n) is 13.9. The number of carbonyl (C=O) groups excluding carboxylic acids is 2. The maximum Gasteiger partial charge on any atom is 0.412 e. The van der Waals surface area contributed by atoms with E-state index in [-0.39, 0.29) is 5.97 Å². The number of nitrogens with one attached hydrogen (secondary N) is 1. The predicted molar refractivity (Wildman–Crippen MR) is 168 cm³/mol. The van der Waals surface area contributed by atoms with Gasteiger partial charge in [0.2, 0.25) is 0 Å². The van der Waals surface area contributed by atoms with Crippen molar-refractivity contribution in [3.63, 3.8) is 0 Å². The highest BCUT2D eigenvalue weighted by molar-refractivity contribution is 6.17. The smallest absolute Gasteiger partial charge is 0.412 e. The van der Waals surface area contributed by atoms with Gasteiger partial charge in [0.05, 0.1) is 5.56 Å². The molecule has 1 amide bonds. The van der Waals surface area contributed by atoms with Gasteiger partial charge in [-0.15, -0.1) is 0 Å². The number of rotatable bonds is 5. The van der Waals surface area contributed by atoms with Crippen molar-refractivity contribution in [1.29, 1.82) is 0 Å². The van der Waals surface area contributed by atoms with E-state index in [1.807, 2.05) is 114 Å². The lowest BCUT2D eigenvalue weighted by atomic mass is 9.91. The van der Waals surface area contributed by atoms with Crippen molar-refractivity contribution in [1.82, 2.24) is 0 Å². The van der Waals surface area contributed by atoms with Crippen LogP contribution in [0.5, 0.6) is 11.5 Å². The van der Waals surface area contributed by atoms with Crippen molar-refractivity contribution in [3.05, 3.63) is 103 Å². The molecule has 0 saturated heterocycles. The summed E-state index contributed by atoms with van der Waals surface area (Å²) in [6.07, 6.45) is -0.511. The van der Waals surface area contributed by atoms with Gasteiger partial charge in [0.15, 0.2) is 0 Å². The maximum absolute atomic E-state index is 12.6. The fourth-order valence-electron chi connectivity index (χ4n) is 4.76. The Kier molecular flexibility index (Phi) is 7.65. The van der Waals surface area contributed by atoms with Gasteiger partial charge < -0.3 is 14.2 Å². The van der Waals surface area contributed by atoms with Crippen LogP contribution >= 0.6 is 0 Å². The zero-order chi connectivity index (χ0) is 30.1. The van der Waals surface area contributed by atoms with Crippen molar-refractivity contribution in [2.75, 3.05) is 5.32 Å². The summed E-state index contributed by atoms with van der Waals surface area (Å²) < 4.78 is 17.4. The molecule has 6 nitrogen and oxygen atoms in total. The molecule has 0 heterocycles. The lowest BCUT2D eigenvalue weighted by molar-refractivity contribution is 0.00693. The molecule has 42 heavy (non-hydrogen) atoms. The standard InChI is InChI=1S/C36H35NO5/c1-35(2,3)41-33(38)24-17-15-23(16-18-24)31-27-11-7-9-13-29(27)32(30-14-10-8-12-28(30)31)40-26-21-19-25(20-22-26)37-34(39)42-36(4,5)6/h7-22H,1-6H3,(H,37,39). The van der Waals surface area contributed by atoms with Crippen molar-refractivity contribution in [3.8, 4) is 22.6 Å². The van der Waals surface area contributed by atoms with Crippen molar-refractivity contribution in [2.45, 2.75) is 52.7 Å². The van der Waals surface area contributed by atoms with Crippen LogP contribution in [0.15, 0.2) is 97.1 Å². The molecule has 0 bridgehead atoms. The second-order valence-corrected chi connectivity index (χ2v) is 12.1. The third-order valence-corrected chi connectivity index (χ3v) is 6.41. The fourth-order valence-corrected chi connectivity index (χ4v) is 4.76. The Morgan fingerprint density at radius 2 is 1.10 bits per heavy atom. The topological polar surface area (TPSA) is 73.9 Å². The zero-order valence-electron chi connectivity index (χ0n) is 24.8. The summed E-state index contributed by atoms with van der Waals surface area (Å²) in [5, 5.41) is 6.72. The van der Waals surface area contributed by atoms with Gasteiger partial charge in [-0.1, -0.05) is 60.7 Å². The Balaban J connectivity index is 1.52. The summed E-state index contributed by atoms with van der Waals surface area (Å²) in [5.41, 5.74) is 2.01. The molecule has 6 heteroatoms. The minimum absolute atomic E-state index is 0.347. The second kappa shape index (κ2) is 11.2. The van der Waals surface area contributed by atoms with Crippen LogP contribution in [0.4, 0.5) is 10.5 Å². The quantitative estimate of drug-likeness (QED) is 0.171. The maximum atomic E-state index is 12.6. The number of carbonyl (C=O) groups is 2. The lowest BCUT2D eigenvalue weighted by Crippen LogP contribution is -2.27. The predicted octanol–water partition coefficient (Wildman–Crippen LogP) is 9.75. The van der Waals surface area contributed by atoms with E-state index >= 15 is 0 Å². The summed E-state index contributed by atoms with van der Waals surface area (Å²) in [7, 11) is 0. The van der Waals surface area contributed by atoms with Crippen LogP contribution in [0.25, 0.3) is 32.7 Å². The van der Waals surface area contributed by atoms with Crippen molar-refractivity contribution < 1.29 is 23.8 Å². The average molecular weight is 562 g/mol. The molecule has 5 rings (SSSR count). The van der Waals surface area contributed by atoms with E-state index < -0.39 is 17.3 Å². The Hall–Kier alpha value is -4.84. The van der Waals surface area contributed by atoms with Gasteiger partial charge in [-0.05, 0) is 99.8 Å². The Morgan fingerprint density at radius 3 is 1.60 bits per heavy atom. The molecule has 214 valence electrons. The number of amides is 1. The minimum atomic E-state index is -0.582. The summed E-state index contributed by atoms with van der Waals surface area (Å²) >= 11 is 0.